The number of hydrogen-bond donors (Lipinski definition) is 5. The molecule has 0 aromatic carbocycles. The van der Waals surface area contributed by atoms with Crippen LogP contribution in [0, 0.1) is 0 Å². The lowest BCUT2D eigenvalue weighted by atomic mass is 10.4. The standard InChI is InChI=1S/C6H14O3.C6H12O2.HO3P/c1-5(8)4-9-6(2)3-7;1-3-5-8-6(7)4-2;1-4(2)3/h5-8H,3-4H2,1-2H3;4,7H,3,5H2,1-2H3;(H-,1,2,3)/p+1. The van der Waals surface area contributed by atoms with Crippen molar-refractivity contribution in [3.63, 3.8) is 0 Å². The molecule has 0 aliphatic rings. The van der Waals surface area contributed by atoms with E-state index in [4.69, 9.17) is 39.1 Å². The van der Waals surface area contributed by atoms with Crippen LogP contribution in [-0.4, -0.2) is 57.1 Å². The molecule has 2 unspecified atom stereocenters. The van der Waals surface area contributed by atoms with Gasteiger partial charge in [0, 0.05) is 4.57 Å². The molecule has 128 valence electrons. The van der Waals surface area contributed by atoms with Crippen LogP contribution in [0.4, 0.5) is 0 Å². The molecule has 0 aliphatic carbocycles. The fourth-order valence-electron chi connectivity index (χ4n) is 0.646. The largest absolute Gasteiger partial charge is 0.692 e. The smallest absolute Gasteiger partial charge is 0.481 e. The molecule has 8 nitrogen and oxygen atoms in total. The Morgan fingerprint density at radius 3 is 2.10 bits per heavy atom. The Balaban J connectivity index is -0.000000249. The quantitative estimate of drug-likeness (QED) is 0.347. The molecule has 9 heteroatoms. The Labute approximate surface area is 126 Å². The van der Waals surface area contributed by atoms with Gasteiger partial charge < -0.3 is 24.8 Å². The minimum Gasteiger partial charge on any atom is -0.481 e. The molecular weight excluding hydrogens is 303 g/mol. The lowest BCUT2D eigenvalue weighted by Crippen LogP contribution is -2.19. The molecule has 0 aromatic heterocycles. The highest BCUT2D eigenvalue weighted by Gasteiger charge is 2.00. The molecule has 0 aliphatic heterocycles. The van der Waals surface area contributed by atoms with Crippen LogP contribution in [-0.2, 0) is 14.0 Å². The van der Waals surface area contributed by atoms with Crippen molar-refractivity contribution in [3.05, 3.63) is 12.0 Å². The van der Waals surface area contributed by atoms with E-state index >= 15 is 0 Å². The number of ether oxygens (including phenoxy) is 2. The molecule has 0 radical (unpaired) electrons. The fraction of sp³-hybridized carbons (Fsp3) is 0.833. The van der Waals surface area contributed by atoms with Gasteiger partial charge in [0.05, 0.1) is 32.0 Å². The zero-order valence-corrected chi connectivity index (χ0v) is 13.9. The van der Waals surface area contributed by atoms with Crippen molar-refractivity contribution in [2.24, 2.45) is 0 Å². The minimum absolute atomic E-state index is 0.00667. The van der Waals surface area contributed by atoms with E-state index in [-0.39, 0.29) is 18.7 Å². The molecule has 0 saturated carbocycles. The van der Waals surface area contributed by atoms with E-state index < -0.39 is 14.4 Å². The van der Waals surface area contributed by atoms with Crippen molar-refractivity contribution in [1.82, 2.24) is 0 Å². The summed E-state index contributed by atoms with van der Waals surface area (Å²) in [5.74, 6) is 0.0202. The van der Waals surface area contributed by atoms with Crippen LogP contribution in [0.3, 0.4) is 0 Å². The van der Waals surface area contributed by atoms with Crippen molar-refractivity contribution in [2.45, 2.75) is 46.3 Å². The Morgan fingerprint density at radius 1 is 1.33 bits per heavy atom. The number of aliphatic hydroxyl groups is 3. The third-order valence-electron chi connectivity index (χ3n) is 1.58. The first kappa shape index (κ1) is 25.2. The first-order valence-corrected chi connectivity index (χ1v) is 7.61. The van der Waals surface area contributed by atoms with Gasteiger partial charge in [-0.3, -0.25) is 0 Å². The predicted octanol–water partition coefficient (Wildman–Crippen LogP) is 1.23. The third kappa shape index (κ3) is 38.2. The summed E-state index contributed by atoms with van der Waals surface area (Å²) in [7, 11) is -2.87. The van der Waals surface area contributed by atoms with Crippen molar-refractivity contribution < 1.29 is 39.1 Å². The zero-order valence-electron chi connectivity index (χ0n) is 13.0. The average molecular weight is 331 g/mol. The topological polar surface area (TPSA) is 137 Å². The second-order valence-corrected chi connectivity index (χ2v) is 4.41. The van der Waals surface area contributed by atoms with Crippen molar-refractivity contribution in [3.8, 4) is 0 Å². The van der Waals surface area contributed by atoms with Crippen LogP contribution in [0.25, 0.3) is 0 Å². The first-order valence-electron chi connectivity index (χ1n) is 6.44. The summed E-state index contributed by atoms with van der Waals surface area (Å²) in [5, 5.41) is 25.8. The molecule has 2 atom stereocenters. The van der Waals surface area contributed by atoms with E-state index in [1.165, 1.54) is 6.08 Å². The summed E-state index contributed by atoms with van der Waals surface area (Å²) in [5.41, 5.74) is 0. The van der Waals surface area contributed by atoms with Gasteiger partial charge in [0.25, 0.3) is 5.95 Å². The van der Waals surface area contributed by atoms with Crippen LogP contribution < -0.4 is 0 Å². The molecule has 0 amide bonds. The van der Waals surface area contributed by atoms with E-state index in [2.05, 4.69) is 0 Å². The van der Waals surface area contributed by atoms with Gasteiger partial charge >= 0.3 is 8.25 Å². The van der Waals surface area contributed by atoms with Crippen LogP contribution in [0.15, 0.2) is 12.0 Å². The molecule has 0 spiro atoms. The zero-order chi connectivity index (χ0) is 17.3. The average Bonchev–Trinajstić information content (AvgIpc) is 2.42. The maximum absolute atomic E-state index is 8.70. The van der Waals surface area contributed by atoms with Crippen LogP contribution >= 0.6 is 8.25 Å². The van der Waals surface area contributed by atoms with E-state index in [0.29, 0.717) is 13.2 Å². The second-order valence-electron chi connectivity index (χ2n) is 3.90. The lowest BCUT2D eigenvalue weighted by Gasteiger charge is -2.10. The molecule has 5 N–H and O–H groups in total. The summed E-state index contributed by atoms with van der Waals surface area (Å²) in [4.78, 5) is 14.2. The first-order chi connectivity index (χ1) is 9.70. The molecule has 0 aromatic rings. The number of aliphatic hydroxyl groups excluding tert-OH is 3. The molecular formula is C12H28O8P+. The Kier molecular flexibility index (Phi) is 23.1. The minimum atomic E-state index is -2.87. The highest BCUT2D eigenvalue weighted by atomic mass is 31.1. The molecule has 0 saturated heterocycles. The Bertz CT molecular complexity index is 254. The predicted molar refractivity (Wildman–Crippen MR) is 78.9 cm³/mol. The lowest BCUT2D eigenvalue weighted by molar-refractivity contribution is -0.0177. The highest BCUT2D eigenvalue weighted by molar-refractivity contribution is 7.30. The van der Waals surface area contributed by atoms with Gasteiger partial charge in [-0.25, -0.2) is 0 Å². The van der Waals surface area contributed by atoms with Gasteiger partial charge in [-0.2, -0.15) is 0 Å². The van der Waals surface area contributed by atoms with Gasteiger partial charge in [-0.15, -0.1) is 9.79 Å². The highest BCUT2D eigenvalue weighted by Crippen LogP contribution is 1.98. The van der Waals surface area contributed by atoms with Crippen molar-refractivity contribution in [2.75, 3.05) is 19.8 Å². The maximum Gasteiger partial charge on any atom is 0.692 e. The molecule has 0 rings (SSSR count). The van der Waals surface area contributed by atoms with Gasteiger partial charge in [-0.1, -0.05) is 6.92 Å². The van der Waals surface area contributed by atoms with Crippen LogP contribution in [0.5, 0.6) is 0 Å². The Morgan fingerprint density at radius 2 is 1.81 bits per heavy atom. The van der Waals surface area contributed by atoms with Gasteiger partial charge in [0.2, 0.25) is 0 Å². The Hall–Kier alpha value is -0.760. The van der Waals surface area contributed by atoms with Crippen LogP contribution in [0.1, 0.15) is 34.1 Å². The van der Waals surface area contributed by atoms with E-state index in [0.717, 1.165) is 6.42 Å². The SMILES string of the molecule is CC(O)COC(C)CO.CC=C(O)OCCC.O=[P+](O)O. The fourth-order valence-corrected chi connectivity index (χ4v) is 0.646. The summed E-state index contributed by atoms with van der Waals surface area (Å²) in [6, 6.07) is 0. The number of allylic oxidation sites excluding steroid dienone is 1. The van der Waals surface area contributed by atoms with Gasteiger partial charge in [0.15, 0.2) is 0 Å². The monoisotopic (exact) mass is 331 g/mol. The molecule has 0 heterocycles. The van der Waals surface area contributed by atoms with Crippen molar-refractivity contribution >= 4 is 8.25 Å². The molecule has 0 fully saturated rings. The molecule has 21 heavy (non-hydrogen) atoms. The number of hydrogen-bond acceptors (Lipinski definition) is 6. The van der Waals surface area contributed by atoms with E-state index in [1.54, 1.807) is 20.8 Å². The summed E-state index contributed by atoms with van der Waals surface area (Å²) in [6.07, 6.45) is 1.84. The van der Waals surface area contributed by atoms with Crippen LogP contribution in [0.2, 0.25) is 0 Å². The normalized spacial score (nSPS) is 13.0. The summed E-state index contributed by atoms with van der Waals surface area (Å²) < 4.78 is 18.4. The summed E-state index contributed by atoms with van der Waals surface area (Å²) >= 11 is 0. The van der Waals surface area contributed by atoms with Gasteiger partial charge in [0.1, 0.15) is 0 Å². The van der Waals surface area contributed by atoms with E-state index in [1.807, 2.05) is 6.92 Å². The number of rotatable bonds is 7. The maximum atomic E-state index is 8.70. The van der Waals surface area contributed by atoms with Crippen molar-refractivity contribution in [1.29, 1.82) is 0 Å². The second kappa shape index (κ2) is 19.2. The summed E-state index contributed by atoms with van der Waals surface area (Å²) in [6.45, 7) is 8.00. The third-order valence-corrected chi connectivity index (χ3v) is 1.58. The molecule has 0 bridgehead atoms. The van der Waals surface area contributed by atoms with Gasteiger partial charge in [-0.05, 0) is 33.3 Å². The van der Waals surface area contributed by atoms with E-state index in [9.17, 15) is 0 Å².